The Bertz CT molecular complexity index is 531. The van der Waals surface area contributed by atoms with Crippen LogP contribution >= 0.6 is 0 Å². The summed E-state index contributed by atoms with van der Waals surface area (Å²) in [6.45, 7) is 0. The van der Waals surface area contributed by atoms with E-state index >= 15 is 0 Å². The van der Waals surface area contributed by atoms with Gasteiger partial charge in [-0.15, -0.1) is 0 Å². The molecule has 1 aromatic carbocycles. The summed E-state index contributed by atoms with van der Waals surface area (Å²) in [5, 5.41) is 10.6. The summed E-state index contributed by atoms with van der Waals surface area (Å²) in [5.41, 5.74) is 0.711. The van der Waals surface area contributed by atoms with Gasteiger partial charge in [-0.1, -0.05) is 18.2 Å². The van der Waals surface area contributed by atoms with Crippen molar-refractivity contribution in [1.29, 1.82) is 0 Å². The summed E-state index contributed by atoms with van der Waals surface area (Å²) in [6.07, 6.45) is -6.18. The second kappa shape index (κ2) is 7.67. The summed E-state index contributed by atoms with van der Waals surface area (Å²) >= 11 is 0. The molecule has 1 atom stereocenters. The van der Waals surface area contributed by atoms with Crippen molar-refractivity contribution in [2.45, 2.75) is 31.5 Å². The largest absolute Gasteiger partial charge is 0.496 e. The number of halogens is 3. The van der Waals surface area contributed by atoms with E-state index in [2.05, 4.69) is 0 Å². The first-order valence-corrected chi connectivity index (χ1v) is 6.43. The summed E-state index contributed by atoms with van der Waals surface area (Å²) < 4.78 is 41.8. The van der Waals surface area contributed by atoms with Gasteiger partial charge in [0.2, 0.25) is 5.91 Å². The van der Waals surface area contributed by atoms with E-state index < -0.39 is 30.5 Å². The van der Waals surface area contributed by atoms with E-state index in [9.17, 15) is 22.8 Å². The molecule has 2 N–H and O–H groups in total. The second-order valence-electron chi connectivity index (χ2n) is 4.59. The fourth-order valence-electron chi connectivity index (χ4n) is 1.86. The number of rotatable bonds is 7. The van der Waals surface area contributed by atoms with Crippen LogP contribution in [0.15, 0.2) is 24.3 Å². The molecular weight excluding hydrogens is 303 g/mol. The molecule has 1 rings (SSSR count). The fraction of sp³-hybridized carbons (Fsp3) is 0.429. The monoisotopic (exact) mass is 319 g/mol. The Balaban J connectivity index is 2.59. The molecule has 0 aromatic heterocycles. The van der Waals surface area contributed by atoms with Gasteiger partial charge >= 0.3 is 12.1 Å². The van der Waals surface area contributed by atoms with Crippen molar-refractivity contribution < 1.29 is 32.6 Å². The lowest BCUT2D eigenvalue weighted by atomic mass is 10.1. The zero-order valence-corrected chi connectivity index (χ0v) is 11.8. The van der Waals surface area contributed by atoms with Crippen molar-refractivity contribution in [3.8, 4) is 5.75 Å². The van der Waals surface area contributed by atoms with E-state index in [4.69, 9.17) is 9.84 Å². The Hall–Kier alpha value is -2.25. The van der Waals surface area contributed by atoms with Gasteiger partial charge in [-0.2, -0.15) is 13.2 Å². The maximum atomic E-state index is 12.2. The number of para-hydroxylation sites is 1. The van der Waals surface area contributed by atoms with Crippen LogP contribution in [-0.2, 0) is 16.0 Å². The van der Waals surface area contributed by atoms with Gasteiger partial charge in [-0.05, 0) is 18.1 Å². The lowest BCUT2D eigenvalue weighted by molar-refractivity contribution is -0.160. The van der Waals surface area contributed by atoms with Gasteiger partial charge in [-0.3, -0.25) is 4.79 Å². The first-order chi connectivity index (χ1) is 10.2. The van der Waals surface area contributed by atoms with Gasteiger partial charge in [0.25, 0.3) is 0 Å². The molecule has 1 aromatic rings. The number of carbonyl (C=O) groups is 2. The van der Waals surface area contributed by atoms with Crippen LogP contribution in [0.1, 0.15) is 18.4 Å². The highest BCUT2D eigenvalue weighted by Gasteiger charge is 2.36. The second-order valence-corrected chi connectivity index (χ2v) is 4.59. The maximum absolute atomic E-state index is 12.2. The van der Waals surface area contributed by atoms with Crippen LogP contribution in [-0.4, -0.2) is 36.3 Å². The summed E-state index contributed by atoms with van der Waals surface area (Å²) in [6, 6.07) is 4.91. The number of amides is 1. The molecule has 22 heavy (non-hydrogen) atoms. The molecule has 0 aliphatic rings. The molecule has 0 saturated heterocycles. The summed E-state index contributed by atoms with van der Waals surface area (Å²) in [4.78, 5) is 22.4. The summed E-state index contributed by atoms with van der Waals surface area (Å²) in [5.74, 6) is -1.93. The number of aliphatic carboxylic acids is 1. The number of aryl methyl sites for hydroxylation is 1. The van der Waals surface area contributed by atoms with Crippen molar-refractivity contribution >= 4 is 11.9 Å². The minimum absolute atomic E-state index is 0.137. The van der Waals surface area contributed by atoms with Crippen molar-refractivity contribution in [3.63, 3.8) is 0 Å². The van der Waals surface area contributed by atoms with E-state index in [-0.39, 0.29) is 12.8 Å². The Kier molecular flexibility index (Phi) is 6.21. The minimum Gasteiger partial charge on any atom is -0.496 e. The predicted molar refractivity (Wildman–Crippen MR) is 71.6 cm³/mol. The molecule has 8 heteroatoms. The number of nitrogens with one attached hydrogen (secondary N) is 1. The van der Waals surface area contributed by atoms with Gasteiger partial charge in [0.05, 0.1) is 13.5 Å². The van der Waals surface area contributed by atoms with Crippen LogP contribution in [0.5, 0.6) is 5.75 Å². The molecule has 0 aliphatic carbocycles. The van der Waals surface area contributed by atoms with E-state index in [1.165, 1.54) is 7.11 Å². The molecule has 0 spiro atoms. The number of benzene rings is 1. The molecule has 0 heterocycles. The van der Waals surface area contributed by atoms with Gasteiger partial charge in [0.15, 0.2) is 0 Å². The molecular formula is C14H16F3NO4. The van der Waals surface area contributed by atoms with Gasteiger partial charge < -0.3 is 15.2 Å². The lowest BCUT2D eigenvalue weighted by Gasteiger charge is -2.16. The van der Waals surface area contributed by atoms with Crippen molar-refractivity contribution in [1.82, 2.24) is 5.32 Å². The van der Waals surface area contributed by atoms with Crippen LogP contribution < -0.4 is 10.1 Å². The molecule has 122 valence electrons. The molecule has 0 fully saturated rings. The van der Waals surface area contributed by atoms with Crippen LogP contribution in [0, 0.1) is 0 Å². The number of hydrogen-bond donors (Lipinski definition) is 2. The van der Waals surface area contributed by atoms with Crippen LogP contribution in [0.4, 0.5) is 13.2 Å². The standard InChI is InChI=1S/C14H16F3NO4/c1-22-11-5-3-2-4-9(11)6-7-12(19)18-10(13(20)21)8-14(15,16)17/h2-5,10H,6-8H2,1H3,(H,18,19)(H,20,21). The van der Waals surface area contributed by atoms with Gasteiger partial charge in [0, 0.05) is 6.42 Å². The number of alkyl halides is 3. The number of carboxylic acids is 1. The van der Waals surface area contributed by atoms with Crippen molar-refractivity contribution in [2.24, 2.45) is 0 Å². The van der Waals surface area contributed by atoms with E-state index in [1.54, 1.807) is 24.3 Å². The topological polar surface area (TPSA) is 75.6 Å². The normalized spacial score (nSPS) is 12.5. The Morgan fingerprint density at radius 1 is 1.32 bits per heavy atom. The van der Waals surface area contributed by atoms with Crippen LogP contribution in [0.2, 0.25) is 0 Å². The fourth-order valence-corrected chi connectivity index (χ4v) is 1.86. The first kappa shape index (κ1) is 17.8. The smallest absolute Gasteiger partial charge is 0.391 e. The highest BCUT2D eigenvalue weighted by atomic mass is 19.4. The summed E-state index contributed by atoms with van der Waals surface area (Å²) in [7, 11) is 1.46. The number of carboxylic acid groups (broad SMARTS) is 1. The predicted octanol–water partition coefficient (Wildman–Crippen LogP) is 2.15. The lowest BCUT2D eigenvalue weighted by Crippen LogP contribution is -2.43. The van der Waals surface area contributed by atoms with E-state index in [0.717, 1.165) is 0 Å². The Morgan fingerprint density at radius 3 is 2.50 bits per heavy atom. The third kappa shape index (κ3) is 6.02. The third-order valence-corrected chi connectivity index (χ3v) is 2.88. The Labute approximate surface area is 125 Å². The van der Waals surface area contributed by atoms with Gasteiger partial charge in [0.1, 0.15) is 11.8 Å². The number of hydrogen-bond acceptors (Lipinski definition) is 3. The average molecular weight is 319 g/mol. The quantitative estimate of drug-likeness (QED) is 0.807. The highest BCUT2D eigenvalue weighted by Crippen LogP contribution is 2.22. The van der Waals surface area contributed by atoms with E-state index in [1.807, 2.05) is 5.32 Å². The number of carbonyl (C=O) groups excluding carboxylic acids is 1. The zero-order valence-electron chi connectivity index (χ0n) is 11.8. The third-order valence-electron chi connectivity index (χ3n) is 2.88. The molecule has 0 bridgehead atoms. The maximum Gasteiger partial charge on any atom is 0.391 e. The van der Waals surface area contributed by atoms with Gasteiger partial charge in [-0.25, -0.2) is 4.79 Å². The molecule has 1 unspecified atom stereocenters. The SMILES string of the molecule is COc1ccccc1CCC(=O)NC(CC(F)(F)F)C(=O)O. The average Bonchev–Trinajstić information content (AvgIpc) is 2.43. The molecule has 0 saturated carbocycles. The van der Waals surface area contributed by atoms with E-state index in [0.29, 0.717) is 11.3 Å². The first-order valence-electron chi connectivity index (χ1n) is 6.43. The van der Waals surface area contributed by atoms with Crippen LogP contribution in [0.3, 0.4) is 0 Å². The molecule has 0 radical (unpaired) electrons. The molecule has 5 nitrogen and oxygen atoms in total. The Morgan fingerprint density at radius 2 is 1.95 bits per heavy atom. The molecule has 1 amide bonds. The van der Waals surface area contributed by atoms with Crippen molar-refractivity contribution in [3.05, 3.63) is 29.8 Å². The highest BCUT2D eigenvalue weighted by molar-refractivity contribution is 5.83. The minimum atomic E-state index is -4.67. The zero-order chi connectivity index (χ0) is 16.8. The van der Waals surface area contributed by atoms with Crippen molar-refractivity contribution in [2.75, 3.05) is 7.11 Å². The number of methoxy groups -OCH3 is 1. The van der Waals surface area contributed by atoms with Crippen LogP contribution in [0.25, 0.3) is 0 Å². The number of ether oxygens (including phenoxy) is 1. The molecule has 0 aliphatic heterocycles.